The monoisotopic (exact) mass is 218 g/mol. The van der Waals surface area contributed by atoms with Gasteiger partial charge in [-0.3, -0.25) is 0 Å². The van der Waals surface area contributed by atoms with Crippen LogP contribution in [0.1, 0.15) is 26.3 Å². The van der Waals surface area contributed by atoms with Crippen molar-refractivity contribution < 1.29 is 4.74 Å². The van der Waals surface area contributed by atoms with Crippen LogP contribution in [0.25, 0.3) is 0 Å². The molecule has 0 amide bonds. The molecule has 3 nitrogen and oxygen atoms in total. The van der Waals surface area contributed by atoms with Crippen LogP contribution in [0.3, 0.4) is 0 Å². The zero-order valence-corrected chi connectivity index (χ0v) is 10.0. The minimum absolute atomic E-state index is 0.140. The van der Waals surface area contributed by atoms with Crippen LogP contribution in [0.15, 0.2) is 24.3 Å². The van der Waals surface area contributed by atoms with Gasteiger partial charge in [0.15, 0.2) is 0 Å². The highest BCUT2D eigenvalue weighted by Gasteiger charge is 2.13. The van der Waals surface area contributed by atoms with Crippen molar-refractivity contribution in [1.29, 1.82) is 5.26 Å². The number of hydrogen-bond acceptors (Lipinski definition) is 3. The molecule has 2 N–H and O–H groups in total. The van der Waals surface area contributed by atoms with Gasteiger partial charge in [-0.25, -0.2) is 0 Å². The molecule has 3 heteroatoms. The van der Waals surface area contributed by atoms with Crippen molar-refractivity contribution in [3.63, 3.8) is 0 Å². The van der Waals surface area contributed by atoms with E-state index >= 15 is 0 Å². The molecule has 16 heavy (non-hydrogen) atoms. The van der Waals surface area contributed by atoms with Gasteiger partial charge in [0.05, 0.1) is 6.07 Å². The summed E-state index contributed by atoms with van der Waals surface area (Å²) in [6.45, 7) is 6.71. The lowest BCUT2D eigenvalue weighted by molar-refractivity contribution is 0.308. The van der Waals surface area contributed by atoms with Crippen LogP contribution in [0.5, 0.6) is 5.75 Å². The van der Waals surface area contributed by atoms with Crippen molar-refractivity contribution >= 4 is 0 Å². The first-order valence-electron chi connectivity index (χ1n) is 5.32. The fourth-order valence-electron chi connectivity index (χ4n) is 1.27. The minimum atomic E-state index is -0.567. The Morgan fingerprint density at radius 3 is 2.31 bits per heavy atom. The predicted molar refractivity (Wildman–Crippen MR) is 64.2 cm³/mol. The summed E-state index contributed by atoms with van der Waals surface area (Å²) >= 11 is 0. The molecule has 1 rings (SSSR count). The van der Waals surface area contributed by atoms with Gasteiger partial charge >= 0.3 is 0 Å². The molecule has 0 aliphatic carbocycles. The van der Waals surface area contributed by atoms with E-state index in [9.17, 15) is 0 Å². The second-order valence-corrected chi connectivity index (χ2v) is 4.82. The van der Waals surface area contributed by atoms with E-state index < -0.39 is 6.04 Å². The third-order valence-electron chi connectivity index (χ3n) is 2.32. The Bertz CT molecular complexity index is 370. The van der Waals surface area contributed by atoms with Gasteiger partial charge in [0.25, 0.3) is 0 Å². The molecule has 1 aromatic carbocycles. The molecule has 1 atom stereocenters. The van der Waals surface area contributed by atoms with E-state index in [0.717, 1.165) is 5.75 Å². The van der Waals surface area contributed by atoms with Gasteiger partial charge in [0, 0.05) is 0 Å². The van der Waals surface area contributed by atoms with Crippen LogP contribution in [0.2, 0.25) is 0 Å². The molecule has 0 spiro atoms. The first-order valence-corrected chi connectivity index (χ1v) is 5.32. The maximum Gasteiger partial charge on any atom is 0.127 e. The second-order valence-electron chi connectivity index (χ2n) is 4.82. The van der Waals surface area contributed by atoms with Crippen LogP contribution in [0, 0.1) is 11.3 Å². The van der Waals surface area contributed by atoms with E-state index in [1.807, 2.05) is 30.3 Å². The second kappa shape index (κ2) is 5.00. The number of nitrogens with two attached hydrogens (primary N) is 1. The summed E-state index contributed by atoms with van der Waals surface area (Å²) in [4.78, 5) is 0. The SMILES string of the molecule is CC(C)(C)c1ccc(OCC(N)C#N)cc1. The van der Waals surface area contributed by atoms with Crippen molar-refractivity contribution in [3.8, 4) is 11.8 Å². The summed E-state index contributed by atoms with van der Waals surface area (Å²) in [7, 11) is 0. The van der Waals surface area contributed by atoms with Gasteiger partial charge in [-0.15, -0.1) is 0 Å². The summed E-state index contributed by atoms with van der Waals surface area (Å²) in [5.41, 5.74) is 6.83. The first kappa shape index (κ1) is 12.5. The van der Waals surface area contributed by atoms with Gasteiger partial charge in [0.2, 0.25) is 0 Å². The molecule has 86 valence electrons. The molecular formula is C13H18N2O. The zero-order chi connectivity index (χ0) is 12.2. The van der Waals surface area contributed by atoms with Gasteiger partial charge in [0.1, 0.15) is 18.4 Å². The molecule has 0 bridgehead atoms. The highest BCUT2D eigenvalue weighted by Crippen LogP contribution is 2.24. The maximum atomic E-state index is 8.51. The van der Waals surface area contributed by atoms with E-state index in [-0.39, 0.29) is 12.0 Å². The van der Waals surface area contributed by atoms with Crippen molar-refractivity contribution in [2.45, 2.75) is 32.2 Å². The standard InChI is InChI=1S/C13H18N2O/c1-13(2,3)10-4-6-12(7-5-10)16-9-11(15)8-14/h4-7,11H,9,15H2,1-3H3. The topological polar surface area (TPSA) is 59.0 Å². The largest absolute Gasteiger partial charge is 0.491 e. The molecule has 0 saturated heterocycles. The third kappa shape index (κ3) is 3.56. The Balaban J connectivity index is 2.63. The molecule has 0 aliphatic heterocycles. The highest BCUT2D eigenvalue weighted by molar-refractivity contribution is 5.31. The Hall–Kier alpha value is -1.53. The average Bonchev–Trinajstić information content (AvgIpc) is 2.25. The summed E-state index contributed by atoms with van der Waals surface area (Å²) in [5.74, 6) is 0.749. The lowest BCUT2D eigenvalue weighted by atomic mass is 9.87. The number of rotatable bonds is 3. The smallest absolute Gasteiger partial charge is 0.127 e. The molecular weight excluding hydrogens is 200 g/mol. The number of nitriles is 1. The number of nitrogens with zero attached hydrogens (tertiary/aromatic N) is 1. The van der Waals surface area contributed by atoms with E-state index in [4.69, 9.17) is 15.7 Å². The number of ether oxygens (including phenoxy) is 1. The summed E-state index contributed by atoms with van der Waals surface area (Å²) < 4.78 is 5.38. The first-order chi connectivity index (χ1) is 7.43. The fourth-order valence-corrected chi connectivity index (χ4v) is 1.27. The van der Waals surface area contributed by atoms with E-state index in [2.05, 4.69) is 20.8 Å². The molecule has 0 radical (unpaired) electrons. The molecule has 0 heterocycles. The molecule has 0 aromatic heterocycles. The third-order valence-corrected chi connectivity index (χ3v) is 2.32. The van der Waals surface area contributed by atoms with Gasteiger partial charge in [-0.1, -0.05) is 32.9 Å². The molecule has 0 fully saturated rings. The molecule has 0 aliphatic rings. The number of benzene rings is 1. The van der Waals surface area contributed by atoms with Crippen LogP contribution >= 0.6 is 0 Å². The van der Waals surface area contributed by atoms with E-state index in [1.165, 1.54) is 5.56 Å². The lowest BCUT2D eigenvalue weighted by Crippen LogP contribution is -2.25. The highest BCUT2D eigenvalue weighted by atomic mass is 16.5. The van der Waals surface area contributed by atoms with Crippen molar-refractivity contribution in [2.75, 3.05) is 6.61 Å². The Morgan fingerprint density at radius 1 is 1.31 bits per heavy atom. The Labute approximate surface area is 96.8 Å². The Morgan fingerprint density at radius 2 is 1.88 bits per heavy atom. The average molecular weight is 218 g/mol. The van der Waals surface area contributed by atoms with Crippen LogP contribution in [-0.4, -0.2) is 12.6 Å². The zero-order valence-electron chi connectivity index (χ0n) is 10.0. The van der Waals surface area contributed by atoms with Crippen LogP contribution in [-0.2, 0) is 5.41 Å². The van der Waals surface area contributed by atoms with Crippen molar-refractivity contribution in [2.24, 2.45) is 5.73 Å². The molecule has 1 unspecified atom stereocenters. The van der Waals surface area contributed by atoms with Crippen LogP contribution in [0.4, 0.5) is 0 Å². The Kier molecular flexibility index (Phi) is 3.92. The van der Waals surface area contributed by atoms with Crippen molar-refractivity contribution in [3.05, 3.63) is 29.8 Å². The maximum absolute atomic E-state index is 8.51. The number of hydrogen-bond donors (Lipinski definition) is 1. The molecule has 0 saturated carbocycles. The fraction of sp³-hybridized carbons (Fsp3) is 0.462. The van der Waals surface area contributed by atoms with Crippen molar-refractivity contribution in [1.82, 2.24) is 0 Å². The minimum Gasteiger partial charge on any atom is -0.491 e. The van der Waals surface area contributed by atoms with E-state index in [1.54, 1.807) is 0 Å². The van der Waals surface area contributed by atoms with Gasteiger partial charge < -0.3 is 10.5 Å². The predicted octanol–water partition coefficient (Wildman–Crippen LogP) is 2.21. The normalized spacial score (nSPS) is 12.9. The summed E-state index contributed by atoms with van der Waals surface area (Å²) in [5, 5.41) is 8.51. The quantitative estimate of drug-likeness (QED) is 0.846. The van der Waals surface area contributed by atoms with Gasteiger partial charge in [-0.05, 0) is 23.1 Å². The van der Waals surface area contributed by atoms with Crippen LogP contribution < -0.4 is 10.5 Å². The lowest BCUT2D eigenvalue weighted by Gasteiger charge is -2.19. The summed E-state index contributed by atoms with van der Waals surface area (Å²) in [6, 6.07) is 9.24. The summed E-state index contributed by atoms with van der Waals surface area (Å²) in [6.07, 6.45) is 0. The molecule has 1 aromatic rings. The van der Waals surface area contributed by atoms with E-state index in [0.29, 0.717) is 0 Å². The van der Waals surface area contributed by atoms with Gasteiger partial charge in [-0.2, -0.15) is 5.26 Å².